The zero-order valence-electron chi connectivity index (χ0n) is 35.5. The lowest BCUT2D eigenvalue weighted by atomic mass is 10.1. The molecule has 0 aromatic heterocycles. The third-order valence-electron chi connectivity index (χ3n) is 9.74. The highest BCUT2D eigenvalue weighted by Gasteiger charge is 2.30. The molecule has 1 saturated heterocycles. The average molecular weight is 769 g/mol. The highest BCUT2D eigenvalue weighted by Crippen LogP contribution is 2.14. The largest absolute Gasteiger partial charge is 0.465 e. The lowest BCUT2D eigenvalue weighted by Gasteiger charge is -2.41. The Kier molecular flexibility index (Phi) is 33.1. The summed E-state index contributed by atoms with van der Waals surface area (Å²) >= 11 is 0. The zero-order chi connectivity index (χ0) is 40.0. The van der Waals surface area contributed by atoms with Crippen LogP contribution >= 0.6 is 0 Å². The van der Waals surface area contributed by atoms with E-state index < -0.39 is 12.0 Å². The molecule has 1 amide bonds. The first-order valence-electron chi connectivity index (χ1n) is 22.1. The maximum Gasteiger partial charge on any atom is 0.407 e. The zero-order valence-corrected chi connectivity index (χ0v) is 35.5. The Balaban J connectivity index is 2.27. The Labute approximate surface area is 336 Å². The molecule has 0 radical (unpaired) electrons. The van der Waals surface area contributed by atoms with Gasteiger partial charge >= 0.3 is 18.0 Å². The van der Waals surface area contributed by atoms with E-state index in [9.17, 15) is 14.4 Å². The predicted octanol–water partition coefficient (Wildman–Crippen LogP) is 11.9. The van der Waals surface area contributed by atoms with E-state index >= 15 is 0 Å². The minimum atomic E-state index is -0.496. The van der Waals surface area contributed by atoms with E-state index in [0.717, 1.165) is 109 Å². The van der Waals surface area contributed by atoms with Crippen LogP contribution in [0.1, 0.15) is 169 Å². The molecule has 1 aliphatic rings. The summed E-state index contributed by atoms with van der Waals surface area (Å²) < 4.78 is 16.6. The smallest absolute Gasteiger partial charge is 0.407 e. The van der Waals surface area contributed by atoms with Crippen LogP contribution in [0.4, 0.5) is 4.79 Å². The summed E-state index contributed by atoms with van der Waals surface area (Å²) in [7, 11) is 0. The Morgan fingerprint density at radius 3 is 1.45 bits per heavy atom. The topological polar surface area (TPSA) is 94.2 Å². The number of alkyl carbamates (subject to hydrolysis) is 1. The predicted molar refractivity (Wildman–Crippen MR) is 229 cm³/mol. The number of esters is 2. The number of hydrogen-bond acceptors (Lipinski definition) is 7. The maximum atomic E-state index is 12.5. The minimum Gasteiger partial charge on any atom is -0.465 e. The molecule has 0 bridgehead atoms. The summed E-state index contributed by atoms with van der Waals surface area (Å²) in [5.41, 5.74) is 0. The first-order valence-corrected chi connectivity index (χ1v) is 22.1. The monoisotopic (exact) mass is 769 g/mol. The summed E-state index contributed by atoms with van der Waals surface area (Å²) in [5.74, 6) is -0.953. The van der Waals surface area contributed by atoms with E-state index in [-0.39, 0.29) is 37.8 Å². The quantitative estimate of drug-likeness (QED) is 0.0297. The van der Waals surface area contributed by atoms with Gasteiger partial charge in [0.15, 0.2) is 0 Å². The van der Waals surface area contributed by atoms with Crippen LogP contribution < -0.4 is 5.32 Å². The van der Waals surface area contributed by atoms with Gasteiger partial charge in [-0.2, -0.15) is 0 Å². The van der Waals surface area contributed by atoms with Crippen molar-refractivity contribution in [2.45, 2.75) is 181 Å². The van der Waals surface area contributed by atoms with Crippen molar-refractivity contribution in [2.75, 3.05) is 32.9 Å². The number of hydrogen-bond donors (Lipinski definition) is 1. The Morgan fingerprint density at radius 2 is 0.982 bits per heavy atom. The van der Waals surface area contributed by atoms with Crippen LogP contribution in [0.5, 0.6) is 0 Å². The lowest BCUT2D eigenvalue weighted by Crippen LogP contribution is -2.61. The van der Waals surface area contributed by atoms with Gasteiger partial charge in [0.25, 0.3) is 0 Å². The Hall–Kier alpha value is -3.13. The van der Waals surface area contributed by atoms with Crippen molar-refractivity contribution in [3.05, 3.63) is 60.8 Å². The Bertz CT molecular complexity index is 1100. The second-order valence-corrected chi connectivity index (χ2v) is 15.3. The normalized spacial score (nSPS) is 14.6. The fraction of sp³-hybridized carbons (Fsp3) is 0.723. The summed E-state index contributed by atoms with van der Waals surface area (Å²) in [6, 6.07) is 0.505. The van der Waals surface area contributed by atoms with Crippen LogP contribution in [0.25, 0.3) is 0 Å². The maximum absolute atomic E-state index is 12.5. The van der Waals surface area contributed by atoms with Crippen LogP contribution in [0, 0.1) is 5.92 Å². The molecular weight excluding hydrogens is 689 g/mol. The summed E-state index contributed by atoms with van der Waals surface area (Å²) in [4.78, 5) is 39.8. The molecule has 55 heavy (non-hydrogen) atoms. The fourth-order valence-electron chi connectivity index (χ4n) is 6.11. The molecule has 0 aliphatic carbocycles. The molecule has 1 fully saturated rings. The van der Waals surface area contributed by atoms with Crippen molar-refractivity contribution in [1.82, 2.24) is 10.2 Å². The van der Waals surface area contributed by atoms with Gasteiger partial charge in [-0.05, 0) is 90.9 Å². The molecule has 1 unspecified atom stereocenters. The lowest BCUT2D eigenvalue weighted by molar-refractivity contribution is -0.150. The fourth-order valence-corrected chi connectivity index (χ4v) is 6.11. The van der Waals surface area contributed by atoms with E-state index in [1.54, 1.807) is 0 Å². The number of unbranched alkanes of at least 4 members (excludes halogenated alkanes) is 13. The van der Waals surface area contributed by atoms with Gasteiger partial charge in [0.2, 0.25) is 0 Å². The molecular formula is C47H80N2O6. The number of carbonyl (C=O) groups excluding carboxylic acids is 3. The van der Waals surface area contributed by atoms with E-state index in [1.807, 2.05) is 0 Å². The average Bonchev–Trinajstić information content (AvgIpc) is 3.15. The number of allylic oxidation sites excluding steroid dienone is 10. The third-order valence-corrected chi connectivity index (χ3v) is 9.74. The second kappa shape index (κ2) is 36.5. The van der Waals surface area contributed by atoms with Gasteiger partial charge in [0, 0.05) is 32.0 Å². The number of ether oxygens (including phenoxy) is 3. The van der Waals surface area contributed by atoms with E-state index in [2.05, 4.69) is 98.7 Å². The van der Waals surface area contributed by atoms with E-state index in [4.69, 9.17) is 14.2 Å². The molecule has 1 atom stereocenters. The van der Waals surface area contributed by atoms with Crippen LogP contribution in [0.2, 0.25) is 0 Å². The summed E-state index contributed by atoms with van der Waals surface area (Å²) in [6.45, 7) is 10.3. The molecule has 0 spiro atoms. The van der Waals surface area contributed by atoms with Gasteiger partial charge in [0.05, 0.1) is 12.0 Å². The second-order valence-electron chi connectivity index (χ2n) is 15.3. The van der Waals surface area contributed by atoms with Crippen molar-refractivity contribution in [1.29, 1.82) is 0 Å². The first kappa shape index (κ1) is 49.9. The number of nitrogens with zero attached hydrogens (tertiary/aromatic N) is 1. The third kappa shape index (κ3) is 31.7. The van der Waals surface area contributed by atoms with Crippen molar-refractivity contribution in [3.63, 3.8) is 0 Å². The van der Waals surface area contributed by atoms with Crippen LogP contribution in [-0.4, -0.2) is 67.9 Å². The number of amides is 1. The molecule has 8 nitrogen and oxygen atoms in total. The molecule has 1 aliphatic heterocycles. The number of rotatable bonds is 35. The molecule has 1 N–H and O–H groups in total. The first-order chi connectivity index (χ1) is 26.8. The molecule has 8 heteroatoms. The van der Waals surface area contributed by atoms with Gasteiger partial charge < -0.3 is 19.5 Å². The van der Waals surface area contributed by atoms with E-state index in [1.165, 1.54) is 32.1 Å². The van der Waals surface area contributed by atoms with Crippen molar-refractivity contribution < 1.29 is 28.6 Å². The molecule has 1 heterocycles. The van der Waals surface area contributed by atoms with E-state index in [0.29, 0.717) is 18.9 Å². The molecule has 314 valence electrons. The van der Waals surface area contributed by atoms with Gasteiger partial charge in [-0.3, -0.25) is 14.5 Å². The molecule has 1 rings (SSSR count). The van der Waals surface area contributed by atoms with Crippen LogP contribution in [0.15, 0.2) is 60.8 Å². The highest BCUT2D eigenvalue weighted by molar-refractivity contribution is 5.70. The Morgan fingerprint density at radius 1 is 0.564 bits per heavy atom. The summed E-state index contributed by atoms with van der Waals surface area (Å²) in [5, 5.41) is 2.90. The highest BCUT2D eigenvalue weighted by atomic mass is 16.6. The van der Waals surface area contributed by atoms with Crippen LogP contribution in [0.3, 0.4) is 0 Å². The number of carbonyl (C=O) groups is 3. The minimum absolute atomic E-state index is 0.0116. The van der Waals surface area contributed by atoms with Crippen LogP contribution in [-0.2, 0) is 23.8 Å². The molecule has 0 aromatic rings. The standard InChI is InChI=1S/C47H80N2O6/c1-5-7-9-11-13-15-17-19-21-23-25-27-29-31-33-35-45(50)53-39-43(41-55-47(52)48-44-37-49(38-44)42(3)4)40-54-46(51)36-34-32-30-28-26-24-22-20-18-16-14-12-10-8-6-2/h7,9,13-16,19-22,42-44H,5-6,8,10-12,17-18,23-41H2,1-4H3,(H,48,52)/b9-7-,15-13-,16-14-,21-19-,22-20-. The van der Waals surface area contributed by atoms with Crippen molar-refractivity contribution in [3.8, 4) is 0 Å². The van der Waals surface area contributed by atoms with Crippen molar-refractivity contribution in [2.24, 2.45) is 5.92 Å². The van der Waals surface area contributed by atoms with Crippen molar-refractivity contribution >= 4 is 18.0 Å². The van der Waals surface area contributed by atoms with Gasteiger partial charge in [-0.25, -0.2) is 4.79 Å². The van der Waals surface area contributed by atoms with Gasteiger partial charge in [0.1, 0.15) is 19.8 Å². The molecule has 0 saturated carbocycles. The SMILES string of the molecule is CC/C=C\C/C=C\C/C=C\CCCCCCCC(=O)OCC(COC(=O)CCCCCCC/C=C\C/C=C\CCCCC)COC(=O)NC1CN(C(C)C)C1. The van der Waals surface area contributed by atoms with Gasteiger partial charge in [-0.15, -0.1) is 0 Å². The number of likely N-dealkylation sites (tertiary alicyclic amines) is 1. The molecule has 0 aromatic carbocycles. The number of nitrogens with one attached hydrogen (secondary N) is 1. The van der Waals surface area contributed by atoms with Gasteiger partial charge in [-0.1, -0.05) is 126 Å². The summed E-state index contributed by atoms with van der Waals surface area (Å²) in [6.07, 6.45) is 44.3.